The van der Waals surface area contributed by atoms with E-state index in [1.54, 1.807) is 19.9 Å². The summed E-state index contributed by atoms with van der Waals surface area (Å²) in [4.78, 5) is 37.4. The molecule has 0 fully saturated rings. The van der Waals surface area contributed by atoms with Crippen molar-refractivity contribution in [1.82, 2.24) is 0 Å². The van der Waals surface area contributed by atoms with Crippen LogP contribution in [-0.4, -0.2) is 24.3 Å². The van der Waals surface area contributed by atoms with Gasteiger partial charge in [0, 0.05) is 0 Å². The number of ketones is 1. The maximum Gasteiger partial charge on any atom is 0.341 e. The Morgan fingerprint density at radius 2 is 1.75 bits per heavy atom. The zero-order chi connectivity index (χ0) is 23.4. The van der Waals surface area contributed by atoms with Crippen molar-refractivity contribution < 1.29 is 28.3 Å². The summed E-state index contributed by atoms with van der Waals surface area (Å²) < 4.78 is 16.5. The fourth-order valence-corrected chi connectivity index (χ4v) is 4.38. The number of ether oxygens (including phenoxy) is 2. The molecule has 0 saturated heterocycles. The Labute approximate surface area is 190 Å². The number of carbonyl (C=O) groups excluding carboxylic acids is 3. The molecule has 3 aromatic rings. The molecule has 0 radical (unpaired) electrons. The van der Waals surface area contributed by atoms with Gasteiger partial charge in [-0.3, -0.25) is 9.59 Å². The average molecular weight is 456 g/mol. The van der Waals surface area contributed by atoms with Crippen LogP contribution < -0.4 is 10.1 Å². The molecule has 0 bridgehead atoms. The van der Waals surface area contributed by atoms with Gasteiger partial charge in [-0.15, -0.1) is 11.3 Å². The van der Waals surface area contributed by atoms with Crippen LogP contribution in [0.2, 0.25) is 0 Å². The number of hydrogen-bond acceptors (Lipinski definition) is 7. The fourth-order valence-electron chi connectivity index (χ4n) is 3.30. The molecular weight excluding hydrogens is 430 g/mol. The maximum absolute atomic E-state index is 12.7. The maximum atomic E-state index is 12.7. The minimum Gasteiger partial charge on any atom is -0.486 e. The van der Waals surface area contributed by atoms with Gasteiger partial charge >= 0.3 is 5.97 Å². The van der Waals surface area contributed by atoms with E-state index in [4.69, 9.17) is 13.9 Å². The molecule has 0 unspecified atom stereocenters. The number of rotatable bonds is 8. The number of aryl methyl sites for hydroxylation is 2. The lowest BCUT2D eigenvalue weighted by Gasteiger charge is -2.07. The van der Waals surface area contributed by atoms with Crippen LogP contribution in [0.5, 0.6) is 5.75 Å². The molecule has 1 amide bonds. The quantitative estimate of drug-likeness (QED) is 0.357. The van der Waals surface area contributed by atoms with Gasteiger partial charge < -0.3 is 19.2 Å². The second-order valence-corrected chi connectivity index (χ2v) is 8.39. The molecule has 0 atom stereocenters. The molecule has 2 heterocycles. The fraction of sp³-hybridized carbons (Fsp3) is 0.292. The van der Waals surface area contributed by atoms with Crippen molar-refractivity contribution in [1.29, 1.82) is 0 Å². The monoisotopic (exact) mass is 455 g/mol. The molecule has 3 rings (SSSR count). The van der Waals surface area contributed by atoms with Gasteiger partial charge in [-0.1, -0.05) is 6.07 Å². The summed E-state index contributed by atoms with van der Waals surface area (Å²) in [5.74, 6) is -0.0614. The molecule has 1 aromatic carbocycles. The second kappa shape index (κ2) is 9.82. The van der Waals surface area contributed by atoms with Crippen molar-refractivity contribution in [3.05, 3.63) is 69.0 Å². The van der Waals surface area contributed by atoms with Crippen molar-refractivity contribution in [2.45, 2.75) is 41.2 Å². The molecule has 32 heavy (non-hydrogen) atoms. The Kier molecular flexibility index (Phi) is 7.15. The smallest absolute Gasteiger partial charge is 0.341 e. The number of anilines is 1. The first-order valence-corrected chi connectivity index (χ1v) is 10.9. The zero-order valence-electron chi connectivity index (χ0n) is 18.7. The minimum absolute atomic E-state index is 0.0641. The highest BCUT2D eigenvalue weighted by Crippen LogP contribution is 2.34. The van der Waals surface area contributed by atoms with Crippen LogP contribution in [0.4, 0.5) is 5.00 Å². The number of furan rings is 1. The zero-order valence-corrected chi connectivity index (χ0v) is 19.5. The lowest BCUT2D eigenvalue weighted by Crippen LogP contribution is -2.14. The van der Waals surface area contributed by atoms with Crippen LogP contribution >= 0.6 is 11.3 Å². The van der Waals surface area contributed by atoms with Crippen LogP contribution in [-0.2, 0) is 11.3 Å². The van der Waals surface area contributed by atoms with E-state index in [-0.39, 0.29) is 35.3 Å². The topological polar surface area (TPSA) is 94.8 Å². The van der Waals surface area contributed by atoms with Gasteiger partial charge in [0.05, 0.1) is 17.0 Å². The van der Waals surface area contributed by atoms with E-state index in [2.05, 4.69) is 11.4 Å². The van der Waals surface area contributed by atoms with Gasteiger partial charge in [-0.2, -0.15) is 0 Å². The lowest BCUT2D eigenvalue weighted by molar-refractivity contribution is 0.0527. The van der Waals surface area contributed by atoms with E-state index in [1.807, 2.05) is 26.0 Å². The Bertz CT molecular complexity index is 1150. The highest BCUT2D eigenvalue weighted by atomic mass is 32.1. The number of hydrogen-bond donors (Lipinski definition) is 1. The molecule has 0 aliphatic carbocycles. The standard InChI is InChI=1S/C24H25NO6S/c1-6-29-24(28)20-15(4)21(16(5)26)32-23(20)25-22(27)19-8-7-17(31-19)12-30-18-10-13(2)9-14(3)11-18/h7-11H,6,12H2,1-5H3,(H,25,27). The molecule has 0 aliphatic heterocycles. The third-order valence-corrected chi connectivity index (χ3v) is 5.94. The van der Waals surface area contributed by atoms with E-state index in [9.17, 15) is 14.4 Å². The Hall–Kier alpha value is -3.39. The molecule has 0 spiro atoms. The molecule has 1 N–H and O–H groups in total. The first-order chi connectivity index (χ1) is 15.2. The largest absolute Gasteiger partial charge is 0.486 e. The number of nitrogens with one attached hydrogen (secondary N) is 1. The molecule has 168 valence electrons. The van der Waals surface area contributed by atoms with E-state index in [1.165, 1.54) is 13.0 Å². The van der Waals surface area contributed by atoms with Crippen molar-refractivity contribution >= 4 is 34.0 Å². The van der Waals surface area contributed by atoms with Gasteiger partial charge in [0.25, 0.3) is 5.91 Å². The van der Waals surface area contributed by atoms with Crippen molar-refractivity contribution in [2.75, 3.05) is 11.9 Å². The third-order valence-electron chi connectivity index (χ3n) is 4.63. The Morgan fingerprint density at radius 3 is 2.38 bits per heavy atom. The molecule has 0 saturated carbocycles. The summed E-state index contributed by atoms with van der Waals surface area (Å²) in [5, 5.41) is 2.93. The summed E-state index contributed by atoms with van der Waals surface area (Å²) in [7, 11) is 0. The number of benzene rings is 1. The lowest BCUT2D eigenvalue weighted by atomic mass is 10.1. The predicted molar refractivity (Wildman–Crippen MR) is 122 cm³/mol. The van der Waals surface area contributed by atoms with E-state index < -0.39 is 11.9 Å². The van der Waals surface area contributed by atoms with E-state index in [0.29, 0.717) is 16.2 Å². The number of esters is 1. The molecular formula is C24H25NO6S. The third kappa shape index (κ3) is 5.26. The van der Waals surface area contributed by atoms with Gasteiger partial charge in [0.2, 0.25) is 0 Å². The normalized spacial score (nSPS) is 10.7. The van der Waals surface area contributed by atoms with Crippen molar-refractivity contribution in [3.63, 3.8) is 0 Å². The number of carbonyl (C=O) groups is 3. The predicted octanol–water partition coefficient (Wildman–Crippen LogP) is 5.48. The van der Waals surface area contributed by atoms with Crippen LogP contribution in [0.25, 0.3) is 0 Å². The first kappa shape index (κ1) is 23.3. The van der Waals surface area contributed by atoms with E-state index in [0.717, 1.165) is 28.2 Å². The summed E-state index contributed by atoms with van der Waals surface area (Å²) in [6.45, 7) is 9.08. The summed E-state index contributed by atoms with van der Waals surface area (Å²) in [5.41, 5.74) is 2.85. The first-order valence-electron chi connectivity index (χ1n) is 10.1. The number of Topliss-reactive ketones (excluding diaryl/α,β-unsaturated/α-hetero) is 1. The Balaban J connectivity index is 1.75. The molecule has 8 heteroatoms. The molecule has 0 aliphatic rings. The Morgan fingerprint density at radius 1 is 1.06 bits per heavy atom. The SMILES string of the molecule is CCOC(=O)c1c(NC(=O)c2ccc(COc3cc(C)cc(C)c3)o2)sc(C(C)=O)c1C. The van der Waals surface area contributed by atoms with Crippen molar-refractivity contribution in [2.24, 2.45) is 0 Å². The van der Waals surface area contributed by atoms with Gasteiger partial charge in [-0.05, 0) is 75.6 Å². The highest BCUT2D eigenvalue weighted by molar-refractivity contribution is 7.18. The van der Waals surface area contributed by atoms with Gasteiger partial charge in [0.15, 0.2) is 11.5 Å². The van der Waals surface area contributed by atoms with Crippen molar-refractivity contribution in [3.8, 4) is 5.75 Å². The van der Waals surface area contributed by atoms with Crippen LogP contribution in [0, 0.1) is 20.8 Å². The molecule has 7 nitrogen and oxygen atoms in total. The summed E-state index contributed by atoms with van der Waals surface area (Å²) >= 11 is 1.04. The van der Waals surface area contributed by atoms with Crippen LogP contribution in [0.15, 0.2) is 34.7 Å². The second-order valence-electron chi connectivity index (χ2n) is 7.37. The molecule has 2 aromatic heterocycles. The highest BCUT2D eigenvalue weighted by Gasteiger charge is 2.26. The number of thiophene rings is 1. The average Bonchev–Trinajstić information content (AvgIpc) is 3.30. The number of amides is 1. The summed E-state index contributed by atoms with van der Waals surface area (Å²) in [6, 6.07) is 9.09. The minimum atomic E-state index is -0.592. The van der Waals surface area contributed by atoms with Gasteiger partial charge in [0.1, 0.15) is 23.1 Å². The van der Waals surface area contributed by atoms with Crippen LogP contribution in [0.3, 0.4) is 0 Å². The van der Waals surface area contributed by atoms with E-state index >= 15 is 0 Å². The summed E-state index contributed by atoms with van der Waals surface area (Å²) in [6.07, 6.45) is 0. The van der Waals surface area contributed by atoms with Gasteiger partial charge in [-0.25, -0.2) is 4.79 Å². The van der Waals surface area contributed by atoms with Crippen LogP contribution in [0.1, 0.15) is 66.9 Å².